The van der Waals surface area contributed by atoms with Gasteiger partial charge in [0.2, 0.25) is 0 Å². The topological polar surface area (TPSA) is 55.1 Å². The highest BCUT2D eigenvalue weighted by Gasteiger charge is 2.08. The van der Waals surface area contributed by atoms with Gasteiger partial charge in [-0.25, -0.2) is 0 Å². The number of rotatable bonds is 2. The molecule has 4 heteroatoms. The summed E-state index contributed by atoms with van der Waals surface area (Å²) in [7, 11) is 0. The molecule has 0 bridgehead atoms. The van der Waals surface area contributed by atoms with E-state index in [1.54, 1.807) is 24.3 Å². The van der Waals surface area contributed by atoms with Gasteiger partial charge in [-0.2, -0.15) is 0 Å². The van der Waals surface area contributed by atoms with Crippen LogP contribution in [0.1, 0.15) is 15.9 Å². The first-order chi connectivity index (χ1) is 8.58. The van der Waals surface area contributed by atoms with Crippen LogP contribution in [0.15, 0.2) is 42.5 Å². The van der Waals surface area contributed by atoms with Crippen molar-refractivity contribution >= 4 is 28.9 Å². The zero-order chi connectivity index (χ0) is 13.1. The lowest BCUT2D eigenvalue weighted by Gasteiger charge is -2.08. The van der Waals surface area contributed by atoms with Crippen LogP contribution in [-0.4, -0.2) is 5.91 Å². The Morgan fingerprint density at radius 1 is 1.22 bits per heavy atom. The molecule has 0 heterocycles. The number of nitrogens with two attached hydrogens (primary N) is 1. The number of carbonyl (C=O) groups excluding carboxylic acids is 1. The van der Waals surface area contributed by atoms with Crippen molar-refractivity contribution in [2.24, 2.45) is 0 Å². The maximum absolute atomic E-state index is 12.0. The zero-order valence-corrected chi connectivity index (χ0v) is 10.7. The molecule has 0 aliphatic carbocycles. The molecule has 92 valence electrons. The van der Waals surface area contributed by atoms with Crippen LogP contribution in [0.5, 0.6) is 0 Å². The Balaban J connectivity index is 2.22. The standard InChI is InChI=1S/C14H13ClN2O/c1-9-4-2-3-5-11(9)14(18)17-10-6-7-13(16)12(15)8-10/h2-8H,16H2,1H3,(H,17,18). The van der Waals surface area contributed by atoms with E-state index in [2.05, 4.69) is 5.32 Å². The highest BCUT2D eigenvalue weighted by Crippen LogP contribution is 2.23. The van der Waals surface area contributed by atoms with E-state index in [1.807, 2.05) is 25.1 Å². The van der Waals surface area contributed by atoms with E-state index in [4.69, 9.17) is 17.3 Å². The summed E-state index contributed by atoms with van der Waals surface area (Å²) < 4.78 is 0. The summed E-state index contributed by atoms with van der Waals surface area (Å²) in [6.07, 6.45) is 0. The smallest absolute Gasteiger partial charge is 0.255 e. The SMILES string of the molecule is Cc1ccccc1C(=O)Nc1ccc(N)c(Cl)c1. The second-order valence-electron chi connectivity index (χ2n) is 4.01. The van der Waals surface area contributed by atoms with Gasteiger partial charge < -0.3 is 11.1 Å². The van der Waals surface area contributed by atoms with Crippen LogP contribution in [0.25, 0.3) is 0 Å². The highest BCUT2D eigenvalue weighted by atomic mass is 35.5. The van der Waals surface area contributed by atoms with Gasteiger partial charge >= 0.3 is 0 Å². The van der Waals surface area contributed by atoms with Gasteiger partial charge in [0.15, 0.2) is 0 Å². The third kappa shape index (κ3) is 2.63. The van der Waals surface area contributed by atoms with Crippen LogP contribution >= 0.6 is 11.6 Å². The van der Waals surface area contributed by atoms with Crippen LogP contribution in [0, 0.1) is 6.92 Å². The molecule has 0 atom stereocenters. The predicted molar refractivity (Wildman–Crippen MR) is 75.0 cm³/mol. The lowest BCUT2D eigenvalue weighted by molar-refractivity contribution is 0.102. The average molecular weight is 261 g/mol. The second kappa shape index (κ2) is 5.10. The van der Waals surface area contributed by atoms with Gasteiger partial charge in [0, 0.05) is 11.3 Å². The summed E-state index contributed by atoms with van der Waals surface area (Å²) in [5.41, 5.74) is 8.30. The number of carbonyl (C=O) groups is 1. The van der Waals surface area contributed by atoms with E-state index in [0.717, 1.165) is 5.56 Å². The number of amides is 1. The Bertz CT molecular complexity index is 596. The fourth-order valence-electron chi connectivity index (χ4n) is 1.63. The molecule has 0 saturated heterocycles. The van der Waals surface area contributed by atoms with Crippen LogP contribution in [0.3, 0.4) is 0 Å². The zero-order valence-electron chi connectivity index (χ0n) is 9.91. The van der Waals surface area contributed by atoms with Crippen LogP contribution in [0.2, 0.25) is 5.02 Å². The first kappa shape index (κ1) is 12.5. The van der Waals surface area contributed by atoms with E-state index in [0.29, 0.717) is 22.0 Å². The van der Waals surface area contributed by atoms with Crippen LogP contribution < -0.4 is 11.1 Å². The van der Waals surface area contributed by atoms with Crippen molar-refractivity contribution < 1.29 is 4.79 Å². The van der Waals surface area contributed by atoms with Crippen molar-refractivity contribution in [3.63, 3.8) is 0 Å². The number of nitrogen functional groups attached to an aromatic ring is 1. The van der Waals surface area contributed by atoms with Crippen molar-refractivity contribution in [1.82, 2.24) is 0 Å². The van der Waals surface area contributed by atoms with Gasteiger partial charge in [0.05, 0.1) is 10.7 Å². The number of nitrogens with one attached hydrogen (secondary N) is 1. The van der Waals surface area contributed by atoms with E-state index in [9.17, 15) is 4.79 Å². The van der Waals surface area contributed by atoms with Crippen molar-refractivity contribution in [2.45, 2.75) is 6.92 Å². The van der Waals surface area contributed by atoms with Gasteiger partial charge in [-0.15, -0.1) is 0 Å². The van der Waals surface area contributed by atoms with E-state index in [1.165, 1.54) is 0 Å². The maximum atomic E-state index is 12.0. The van der Waals surface area contributed by atoms with Crippen molar-refractivity contribution in [3.8, 4) is 0 Å². The average Bonchev–Trinajstić information content (AvgIpc) is 2.34. The minimum atomic E-state index is -0.158. The molecule has 2 aromatic rings. The normalized spacial score (nSPS) is 10.1. The molecule has 18 heavy (non-hydrogen) atoms. The summed E-state index contributed by atoms with van der Waals surface area (Å²) >= 11 is 5.90. The summed E-state index contributed by atoms with van der Waals surface area (Å²) in [5, 5.41) is 3.22. The van der Waals surface area contributed by atoms with Gasteiger partial charge in [0.1, 0.15) is 0 Å². The number of aryl methyl sites for hydroxylation is 1. The number of hydrogen-bond acceptors (Lipinski definition) is 2. The maximum Gasteiger partial charge on any atom is 0.255 e. The molecular formula is C14H13ClN2O. The molecule has 0 unspecified atom stereocenters. The lowest BCUT2D eigenvalue weighted by Crippen LogP contribution is -2.13. The molecule has 0 fully saturated rings. The molecule has 0 aliphatic rings. The lowest BCUT2D eigenvalue weighted by atomic mass is 10.1. The number of benzene rings is 2. The fraction of sp³-hybridized carbons (Fsp3) is 0.0714. The number of halogens is 1. The van der Waals surface area contributed by atoms with E-state index >= 15 is 0 Å². The fourth-order valence-corrected chi connectivity index (χ4v) is 1.81. The Kier molecular flexibility index (Phi) is 3.53. The highest BCUT2D eigenvalue weighted by molar-refractivity contribution is 6.33. The molecule has 0 spiro atoms. The summed E-state index contributed by atoms with van der Waals surface area (Å²) in [6, 6.07) is 12.4. The largest absolute Gasteiger partial charge is 0.398 e. The Labute approximate surface area is 111 Å². The predicted octanol–water partition coefficient (Wildman–Crippen LogP) is 3.48. The first-order valence-corrected chi connectivity index (χ1v) is 5.88. The van der Waals surface area contributed by atoms with Crippen molar-refractivity contribution in [1.29, 1.82) is 0 Å². The molecular weight excluding hydrogens is 248 g/mol. The molecule has 0 radical (unpaired) electrons. The van der Waals surface area contributed by atoms with Gasteiger partial charge in [-0.1, -0.05) is 29.8 Å². The third-order valence-corrected chi connectivity index (χ3v) is 2.98. The molecule has 2 rings (SSSR count). The third-order valence-electron chi connectivity index (χ3n) is 2.65. The molecule has 3 nitrogen and oxygen atoms in total. The summed E-state index contributed by atoms with van der Waals surface area (Å²) in [5.74, 6) is -0.158. The first-order valence-electron chi connectivity index (χ1n) is 5.50. The quantitative estimate of drug-likeness (QED) is 0.812. The van der Waals surface area contributed by atoms with Crippen LogP contribution in [0.4, 0.5) is 11.4 Å². The van der Waals surface area contributed by atoms with Crippen molar-refractivity contribution in [3.05, 3.63) is 58.6 Å². The molecule has 3 N–H and O–H groups in total. The minimum absolute atomic E-state index is 0.158. The molecule has 2 aromatic carbocycles. The second-order valence-corrected chi connectivity index (χ2v) is 4.41. The van der Waals surface area contributed by atoms with Gasteiger partial charge in [-0.05, 0) is 36.8 Å². The Hall–Kier alpha value is -2.00. The monoisotopic (exact) mass is 260 g/mol. The van der Waals surface area contributed by atoms with E-state index in [-0.39, 0.29) is 5.91 Å². The van der Waals surface area contributed by atoms with Crippen molar-refractivity contribution in [2.75, 3.05) is 11.1 Å². The molecule has 1 amide bonds. The van der Waals surface area contributed by atoms with Crippen LogP contribution in [-0.2, 0) is 0 Å². The summed E-state index contributed by atoms with van der Waals surface area (Å²) in [6.45, 7) is 1.89. The van der Waals surface area contributed by atoms with E-state index < -0.39 is 0 Å². The Morgan fingerprint density at radius 3 is 2.61 bits per heavy atom. The summed E-state index contributed by atoms with van der Waals surface area (Å²) in [4.78, 5) is 12.0. The number of hydrogen-bond donors (Lipinski definition) is 2. The minimum Gasteiger partial charge on any atom is -0.398 e. The molecule has 0 aromatic heterocycles. The molecule has 0 aliphatic heterocycles. The molecule has 0 saturated carbocycles. The Morgan fingerprint density at radius 2 is 1.94 bits per heavy atom. The van der Waals surface area contributed by atoms with Gasteiger partial charge in [-0.3, -0.25) is 4.79 Å². The van der Waals surface area contributed by atoms with Gasteiger partial charge in [0.25, 0.3) is 5.91 Å². The number of anilines is 2.